The zero-order valence-electron chi connectivity index (χ0n) is 11.7. The standard InChI is InChI=1S/C13H26N3P/c1-5-17(6-2)16-12(4)8-10-15-9-7-11(3)14-13(15)16/h11-12H,5-10H2,1-4H3/t11-,12-/m0/s1. The minimum Gasteiger partial charge on any atom is -0.342 e. The van der Waals surface area contributed by atoms with E-state index in [4.69, 9.17) is 4.99 Å². The molecule has 1 saturated heterocycles. The van der Waals surface area contributed by atoms with Crippen LogP contribution in [0.1, 0.15) is 40.5 Å². The molecule has 17 heavy (non-hydrogen) atoms. The molecule has 0 spiro atoms. The van der Waals surface area contributed by atoms with E-state index < -0.39 is 0 Å². The topological polar surface area (TPSA) is 18.8 Å². The quantitative estimate of drug-likeness (QED) is 0.722. The maximum atomic E-state index is 4.94. The number of hydrogen-bond acceptors (Lipinski definition) is 3. The number of nitrogens with zero attached hydrogens (tertiary/aromatic N) is 3. The van der Waals surface area contributed by atoms with Crippen LogP contribution in [0.5, 0.6) is 0 Å². The molecule has 0 saturated carbocycles. The van der Waals surface area contributed by atoms with Crippen LogP contribution in [0.2, 0.25) is 0 Å². The van der Waals surface area contributed by atoms with Gasteiger partial charge in [-0.1, -0.05) is 13.8 Å². The van der Waals surface area contributed by atoms with Gasteiger partial charge in [-0.3, -0.25) is 0 Å². The SMILES string of the molecule is CCP(CC)N1C2=N[C@@H](C)CCN2CC[C@@H]1C. The highest BCUT2D eigenvalue weighted by Gasteiger charge is 2.34. The van der Waals surface area contributed by atoms with Crippen LogP contribution in [0.15, 0.2) is 4.99 Å². The summed E-state index contributed by atoms with van der Waals surface area (Å²) in [6, 6.07) is 1.20. The van der Waals surface area contributed by atoms with Crippen molar-refractivity contribution in [2.45, 2.75) is 52.6 Å². The molecule has 0 bridgehead atoms. The Kier molecular flexibility index (Phi) is 4.30. The van der Waals surface area contributed by atoms with Gasteiger partial charge in [0.2, 0.25) is 0 Å². The van der Waals surface area contributed by atoms with Gasteiger partial charge in [-0.2, -0.15) is 0 Å². The molecular weight excluding hydrogens is 229 g/mol. The van der Waals surface area contributed by atoms with Crippen LogP contribution < -0.4 is 0 Å². The van der Waals surface area contributed by atoms with Crippen molar-refractivity contribution in [3.05, 3.63) is 0 Å². The summed E-state index contributed by atoms with van der Waals surface area (Å²) in [5, 5.41) is 0. The van der Waals surface area contributed by atoms with Crippen LogP contribution >= 0.6 is 8.07 Å². The van der Waals surface area contributed by atoms with Crippen molar-refractivity contribution in [2.24, 2.45) is 4.99 Å². The molecular formula is C13H26N3P. The van der Waals surface area contributed by atoms with Crippen molar-refractivity contribution < 1.29 is 0 Å². The molecule has 0 amide bonds. The molecule has 4 heteroatoms. The number of hydrogen-bond donors (Lipinski definition) is 0. The van der Waals surface area contributed by atoms with Crippen molar-refractivity contribution in [2.75, 3.05) is 25.4 Å². The van der Waals surface area contributed by atoms with Gasteiger partial charge in [0.15, 0.2) is 5.96 Å². The third-order valence-corrected chi connectivity index (χ3v) is 6.55. The Morgan fingerprint density at radius 2 is 1.82 bits per heavy atom. The first kappa shape index (κ1) is 13.1. The van der Waals surface area contributed by atoms with Crippen LogP contribution in [0.3, 0.4) is 0 Å². The van der Waals surface area contributed by atoms with Crippen molar-refractivity contribution in [1.82, 2.24) is 9.57 Å². The van der Waals surface area contributed by atoms with Gasteiger partial charge in [-0.15, -0.1) is 0 Å². The largest absolute Gasteiger partial charge is 0.342 e. The third kappa shape index (κ3) is 2.59. The van der Waals surface area contributed by atoms with E-state index in [1.807, 2.05) is 0 Å². The average molecular weight is 255 g/mol. The maximum absolute atomic E-state index is 4.94. The molecule has 2 aliphatic heterocycles. The van der Waals surface area contributed by atoms with E-state index in [2.05, 4.69) is 37.3 Å². The van der Waals surface area contributed by atoms with Gasteiger partial charge in [-0.05, 0) is 47.1 Å². The summed E-state index contributed by atoms with van der Waals surface area (Å²) in [7, 11) is -0.0155. The van der Waals surface area contributed by atoms with Gasteiger partial charge in [0.05, 0.1) is 6.04 Å². The molecule has 0 aromatic rings. The molecule has 2 atom stereocenters. The monoisotopic (exact) mass is 255 g/mol. The van der Waals surface area contributed by atoms with Crippen LogP contribution in [0, 0.1) is 0 Å². The van der Waals surface area contributed by atoms with Crippen LogP contribution in [-0.4, -0.2) is 53.0 Å². The second-order valence-electron chi connectivity index (χ2n) is 5.18. The lowest BCUT2D eigenvalue weighted by Crippen LogP contribution is -2.54. The minimum absolute atomic E-state index is 0.0155. The lowest BCUT2D eigenvalue weighted by atomic mass is 10.1. The summed E-state index contributed by atoms with van der Waals surface area (Å²) in [6.45, 7) is 11.7. The molecule has 98 valence electrons. The van der Waals surface area contributed by atoms with Crippen molar-refractivity contribution >= 4 is 14.0 Å². The van der Waals surface area contributed by atoms with Crippen molar-refractivity contribution in [3.8, 4) is 0 Å². The minimum atomic E-state index is -0.0155. The van der Waals surface area contributed by atoms with Crippen LogP contribution in [-0.2, 0) is 0 Å². The zero-order chi connectivity index (χ0) is 12.4. The average Bonchev–Trinajstić information content (AvgIpc) is 2.33. The van der Waals surface area contributed by atoms with Gasteiger partial charge >= 0.3 is 0 Å². The van der Waals surface area contributed by atoms with Crippen LogP contribution in [0.4, 0.5) is 0 Å². The molecule has 0 aromatic carbocycles. The van der Waals surface area contributed by atoms with E-state index >= 15 is 0 Å². The molecule has 2 aliphatic rings. The normalized spacial score (nSPS) is 29.4. The Labute approximate surface area is 107 Å². The molecule has 0 radical (unpaired) electrons. The van der Waals surface area contributed by atoms with Crippen molar-refractivity contribution in [3.63, 3.8) is 0 Å². The molecule has 2 heterocycles. The highest BCUT2D eigenvalue weighted by molar-refractivity contribution is 7.55. The molecule has 0 aliphatic carbocycles. The van der Waals surface area contributed by atoms with Gasteiger partial charge in [0.1, 0.15) is 0 Å². The van der Waals surface area contributed by atoms with Gasteiger partial charge < -0.3 is 9.57 Å². The Hall–Kier alpha value is -0.300. The molecule has 0 unspecified atom stereocenters. The predicted octanol–water partition coefficient (Wildman–Crippen LogP) is 2.97. The smallest absolute Gasteiger partial charge is 0.200 e. The van der Waals surface area contributed by atoms with E-state index in [9.17, 15) is 0 Å². The summed E-state index contributed by atoms with van der Waals surface area (Å²) >= 11 is 0. The molecule has 3 nitrogen and oxygen atoms in total. The number of guanidine groups is 1. The first-order chi connectivity index (χ1) is 8.17. The number of aliphatic imine (C=N–C) groups is 1. The fourth-order valence-electron chi connectivity index (χ4n) is 2.80. The third-order valence-electron chi connectivity index (χ3n) is 3.91. The zero-order valence-corrected chi connectivity index (χ0v) is 12.6. The summed E-state index contributed by atoms with van der Waals surface area (Å²) in [4.78, 5) is 7.45. The van der Waals surface area contributed by atoms with Gasteiger partial charge in [-0.25, -0.2) is 4.99 Å². The number of fused-ring (bicyclic) bond motifs is 1. The Morgan fingerprint density at radius 1 is 1.18 bits per heavy atom. The summed E-state index contributed by atoms with van der Waals surface area (Å²) in [6.07, 6.45) is 5.10. The Balaban J connectivity index is 2.25. The molecule has 2 rings (SSSR count). The second kappa shape index (κ2) is 5.56. The summed E-state index contributed by atoms with van der Waals surface area (Å²) in [5.74, 6) is 1.32. The number of rotatable bonds is 3. The highest BCUT2D eigenvalue weighted by atomic mass is 31.1. The van der Waals surface area contributed by atoms with Gasteiger partial charge in [0.25, 0.3) is 0 Å². The lowest BCUT2D eigenvalue weighted by molar-refractivity contribution is 0.251. The molecule has 1 fully saturated rings. The first-order valence-electron chi connectivity index (χ1n) is 7.04. The Morgan fingerprint density at radius 3 is 2.47 bits per heavy atom. The lowest BCUT2D eigenvalue weighted by Gasteiger charge is -2.48. The van der Waals surface area contributed by atoms with E-state index in [-0.39, 0.29) is 8.07 Å². The highest BCUT2D eigenvalue weighted by Crippen LogP contribution is 2.44. The predicted molar refractivity (Wildman–Crippen MR) is 77.0 cm³/mol. The Bertz CT molecular complexity index is 288. The second-order valence-corrected chi connectivity index (χ2v) is 7.88. The fraction of sp³-hybridized carbons (Fsp3) is 0.923. The molecule has 0 N–H and O–H groups in total. The van der Waals surface area contributed by atoms with E-state index in [0.29, 0.717) is 12.1 Å². The fourth-order valence-corrected chi connectivity index (χ4v) is 4.96. The molecule has 0 aromatic heterocycles. The van der Waals surface area contributed by atoms with E-state index in [1.165, 1.54) is 44.2 Å². The van der Waals surface area contributed by atoms with E-state index in [1.54, 1.807) is 0 Å². The summed E-state index contributed by atoms with van der Waals surface area (Å²) < 4.78 is 2.66. The van der Waals surface area contributed by atoms with Crippen LogP contribution in [0.25, 0.3) is 0 Å². The van der Waals surface area contributed by atoms with Crippen molar-refractivity contribution in [1.29, 1.82) is 0 Å². The maximum Gasteiger partial charge on any atom is 0.200 e. The summed E-state index contributed by atoms with van der Waals surface area (Å²) in [5.41, 5.74) is 0. The van der Waals surface area contributed by atoms with Gasteiger partial charge in [0, 0.05) is 19.1 Å². The first-order valence-corrected chi connectivity index (χ1v) is 8.70. The van der Waals surface area contributed by atoms with E-state index in [0.717, 1.165) is 0 Å².